The number of hydrogen-bond donors (Lipinski definition) is 0. The number of rotatable bonds is 27. The molecule has 0 bridgehead atoms. The maximum atomic E-state index is 5.42. The zero-order chi connectivity index (χ0) is 21.8. The van der Waals surface area contributed by atoms with E-state index in [0.29, 0.717) is 119 Å². The molecular formula is C20H41O10. The Hall–Kier alpha value is -0.400. The van der Waals surface area contributed by atoms with E-state index < -0.39 is 0 Å². The lowest BCUT2D eigenvalue weighted by molar-refractivity contribution is -0.0250. The summed E-state index contributed by atoms with van der Waals surface area (Å²) in [5.41, 5.74) is 0. The molecule has 1 radical (unpaired) electrons. The average Bonchev–Trinajstić information content (AvgIpc) is 2.76. The van der Waals surface area contributed by atoms with E-state index in [-0.39, 0.29) is 0 Å². The van der Waals surface area contributed by atoms with Crippen molar-refractivity contribution in [2.45, 2.75) is 0 Å². The van der Waals surface area contributed by atoms with E-state index in [9.17, 15) is 0 Å². The number of methoxy groups -OCH3 is 1. The summed E-state index contributed by atoms with van der Waals surface area (Å²) in [5, 5.41) is 0. The van der Waals surface area contributed by atoms with Crippen LogP contribution in [0.5, 0.6) is 0 Å². The highest BCUT2D eigenvalue weighted by Crippen LogP contribution is 1.86. The Morgan fingerprint density at radius 3 is 0.733 bits per heavy atom. The summed E-state index contributed by atoms with van der Waals surface area (Å²) in [6.45, 7) is 9.73. The van der Waals surface area contributed by atoms with Crippen molar-refractivity contribution < 1.29 is 47.4 Å². The van der Waals surface area contributed by atoms with Gasteiger partial charge in [0.05, 0.1) is 126 Å². The standard InChI is InChI=1S/C20H41O10/c1-21-3-5-23-7-9-25-11-13-27-15-17-29-19-20-30-18-16-28-14-12-26-10-8-24-6-4-22-2/h1,3-20H2,2H3. The fraction of sp³-hybridized carbons (Fsp3) is 0.950. The Kier molecular flexibility index (Phi) is 28.2. The smallest absolute Gasteiger partial charge is 0.0701 e. The zero-order valence-corrected chi connectivity index (χ0v) is 18.5. The monoisotopic (exact) mass is 441 g/mol. The Labute approximate surface area is 181 Å². The van der Waals surface area contributed by atoms with Crippen LogP contribution >= 0.6 is 0 Å². The van der Waals surface area contributed by atoms with E-state index in [4.69, 9.17) is 42.6 Å². The largest absolute Gasteiger partial charge is 0.382 e. The summed E-state index contributed by atoms with van der Waals surface area (Å²) in [4.78, 5) is 0. The summed E-state index contributed by atoms with van der Waals surface area (Å²) < 4.78 is 52.4. The van der Waals surface area contributed by atoms with Crippen molar-refractivity contribution in [1.29, 1.82) is 0 Å². The van der Waals surface area contributed by atoms with E-state index in [2.05, 4.69) is 11.8 Å². The first-order valence-corrected chi connectivity index (χ1v) is 10.4. The molecule has 0 aromatic rings. The van der Waals surface area contributed by atoms with Crippen LogP contribution in [0.3, 0.4) is 0 Å². The van der Waals surface area contributed by atoms with Gasteiger partial charge in [-0.25, -0.2) is 0 Å². The third kappa shape index (κ3) is 27.6. The lowest BCUT2D eigenvalue weighted by Gasteiger charge is -2.08. The predicted octanol–water partition coefficient (Wildman–Crippen LogP) is 0.574. The first-order chi connectivity index (χ1) is 14.9. The molecule has 0 aliphatic carbocycles. The molecule has 0 aromatic heterocycles. The second kappa shape index (κ2) is 28.6. The number of hydrogen-bond acceptors (Lipinski definition) is 10. The minimum absolute atomic E-state index is 0.491. The van der Waals surface area contributed by atoms with Crippen LogP contribution in [-0.4, -0.2) is 126 Å². The summed E-state index contributed by atoms with van der Waals surface area (Å²) in [6.07, 6.45) is 0. The molecule has 10 heteroatoms. The summed E-state index contributed by atoms with van der Waals surface area (Å²) in [5.74, 6) is 0. The minimum atomic E-state index is 0.491. The molecule has 0 rings (SSSR count). The quantitative estimate of drug-likeness (QED) is 0.169. The molecule has 181 valence electrons. The van der Waals surface area contributed by atoms with Crippen LogP contribution in [0.25, 0.3) is 0 Å². The lowest BCUT2D eigenvalue weighted by Crippen LogP contribution is -2.15. The summed E-state index contributed by atoms with van der Waals surface area (Å²) >= 11 is 0. The molecule has 0 N–H and O–H groups in total. The molecule has 0 saturated carbocycles. The van der Waals surface area contributed by atoms with Gasteiger partial charge in [-0.3, -0.25) is 0 Å². The van der Waals surface area contributed by atoms with Gasteiger partial charge in [0.15, 0.2) is 0 Å². The molecule has 0 saturated heterocycles. The van der Waals surface area contributed by atoms with Crippen LogP contribution in [0, 0.1) is 7.11 Å². The third-order valence-corrected chi connectivity index (χ3v) is 3.41. The SMILES string of the molecule is [CH2]OCCOCCOCCOCCOCCOCCOCCOCCOCCOC. The van der Waals surface area contributed by atoms with Crippen molar-refractivity contribution in [1.82, 2.24) is 0 Å². The van der Waals surface area contributed by atoms with Crippen LogP contribution in [0.1, 0.15) is 0 Å². The van der Waals surface area contributed by atoms with E-state index in [0.717, 1.165) is 0 Å². The summed E-state index contributed by atoms with van der Waals surface area (Å²) in [7, 11) is 4.90. The van der Waals surface area contributed by atoms with Crippen molar-refractivity contribution in [2.75, 3.05) is 126 Å². The Morgan fingerprint density at radius 2 is 0.533 bits per heavy atom. The maximum Gasteiger partial charge on any atom is 0.0701 e. The normalized spacial score (nSPS) is 11.4. The fourth-order valence-corrected chi connectivity index (χ4v) is 1.90. The van der Waals surface area contributed by atoms with Gasteiger partial charge in [-0.1, -0.05) is 0 Å². The van der Waals surface area contributed by atoms with Gasteiger partial charge < -0.3 is 47.4 Å². The molecular weight excluding hydrogens is 400 g/mol. The summed E-state index contributed by atoms with van der Waals surface area (Å²) in [6, 6.07) is 0. The van der Waals surface area contributed by atoms with Crippen LogP contribution in [-0.2, 0) is 47.4 Å². The molecule has 0 aliphatic rings. The second-order valence-electron chi connectivity index (χ2n) is 5.80. The molecule has 10 nitrogen and oxygen atoms in total. The van der Waals surface area contributed by atoms with E-state index >= 15 is 0 Å². The van der Waals surface area contributed by atoms with Gasteiger partial charge in [0.1, 0.15) is 0 Å². The Morgan fingerprint density at radius 1 is 0.333 bits per heavy atom. The first kappa shape index (κ1) is 29.6. The third-order valence-electron chi connectivity index (χ3n) is 3.41. The van der Waals surface area contributed by atoms with Crippen molar-refractivity contribution in [3.8, 4) is 0 Å². The van der Waals surface area contributed by atoms with Gasteiger partial charge >= 0.3 is 0 Å². The maximum absolute atomic E-state index is 5.42. The van der Waals surface area contributed by atoms with Gasteiger partial charge in [-0.2, -0.15) is 0 Å². The fourth-order valence-electron chi connectivity index (χ4n) is 1.90. The minimum Gasteiger partial charge on any atom is -0.382 e. The first-order valence-electron chi connectivity index (χ1n) is 10.4. The zero-order valence-electron chi connectivity index (χ0n) is 18.5. The predicted molar refractivity (Wildman–Crippen MR) is 110 cm³/mol. The van der Waals surface area contributed by atoms with Crippen molar-refractivity contribution in [3.63, 3.8) is 0 Å². The van der Waals surface area contributed by atoms with Crippen molar-refractivity contribution in [2.24, 2.45) is 0 Å². The molecule has 0 atom stereocenters. The van der Waals surface area contributed by atoms with Crippen LogP contribution < -0.4 is 0 Å². The second-order valence-corrected chi connectivity index (χ2v) is 5.80. The molecule has 0 unspecified atom stereocenters. The topological polar surface area (TPSA) is 92.3 Å². The van der Waals surface area contributed by atoms with E-state index in [1.54, 1.807) is 7.11 Å². The molecule has 0 aliphatic heterocycles. The molecule has 30 heavy (non-hydrogen) atoms. The van der Waals surface area contributed by atoms with Crippen LogP contribution in [0.2, 0.25) is 0 Å². The highest BCUT2D eigenvalue weighted by molar-refractivity contribution is 4.38. The Bertz CT molecular complexity index is 269. The van der Waals surface area contributed by atoms with Crippen molar-refractivity contribution in [3.05, 3.63) is 7.11 Å². The molecule has 0 amide bonds. The van der Waals surface area contributed by atoms with E-state index in [1.165, 1.54) is 0 Å². The van der Waals surface area contributed by atoms with Gasteiger partial charge in [0.25, 0.3) is 0 Å². The van der Waals surface area contributed by atoms with Gasteiger partial charge in [-0.05, 0) is 0 Å². The molecule has 0 fully saturated rings. The van der Waals surface area contributed by atoms with Crippen LogP contribution in [0.15, 0.2) is 0 Å². The van der Waals surface area contributed by atoms with Gasteiger partial charge in [0, 0.05) is 7.11 Å². The molecule has 0 aromatic carbocycles. The number of ether oxygens (including phenoxy) is 10. The highest BCUT2D eigenvalue weighted by atomic mass is 16.6. The van der Waals surface area contributed by atoms with E-state index in [1.807, 2.05) is 0 Å². The average molecular weight is 442 g/mol. The van der Waals surface area contributed by atoms with Gasteiger partial charge in [0.2, 0.25) is 0 Å². The van der Waals surface area contributed by atoms with Crippen molar-refractivity contribution >= 4 is 0 Å². The lowest BCUT2D eigenvalue weighted by atomic mass is 10.6. The van der Waals surface area contributed by atoms with Gasteiger partial charge in [-0.15, -0.1) is 0 Å². The Balaban J connectivity index is 2.97. The highest BCUT2D eigenvalue weighted by Gasteiger charge is 1.95. The molecule has 0 heterocycles. The molecule has 0 spiro atoms. The van der Waals surface area contributed by atoms with Crippen LogP contribution in [0.4, 0.5) is 0 Å².